The lowest BCUT2D eigenvalue weighted by atomic mass is 10.1. The fourth-order valence-corrected chi connectivity index (χ4v) is 3.66. The van der Waals surface area contributed by atoms with Crippen LogP contribution in [0.25, 0.3) is 0 Å². The molecule has 152 valence electrons. The van der Waals surface area contributed by atoms with Crippen molar-refractivity contribution in [2.24, 2.45) is 12.0 Å². The maximum absolute atomic E-state index is 12.5. The first-order valence-corrected chi connectivity index (χ1v) is 9.42. The number of amides is 1. The van der Waals surface area contributed by atoms with Crippen LogP contribution in [0.3, 0.4) is 0 Å². The summed E-state index contributed by atoms with van der Waals surface area (Å²) in [6.45, 7) is 2.16. The molecule has 0 spiro atoms. The van der Waals surface area contributed by atoms with Crippen molar-refractivity contribution in [3.05, 3.63) is 46.2 Å². The molecule has 0 bridgehead atoms. The van der Waals surface area contributed by atoms with Gasteiger partial charge in [0.05, 0.1) is 11.9 Å². The molecular formula is C18H23Cl2IN6O. The molecule has 3 rings (SSSR count). The molecule has 2 heterocycles. The second-order valence-corrected chi connectivity index (χ2v) is 7.08. The van der Waals surface area contributed by atoms with Gasteiger partial charge in [0.15, 0.2) is 5.96 Å². The number of aliphatic imine (C=N–C) groups is 1. The summed E-state index contributed by atoms with van der Waals surface area (Å²) >= 11 is 12.4. The minimum atomic E-state index is 0. The Morgan fingerprint density at radius 2 is 2.00 bits per heavy atom. The molecule has 10 heteroatoms. The number of carbonyl (C=O) groups excluding carboxylic acids is 1. The summed E-state index contributed by atoms with van der Waals surface area (Å²) in [5, 5.41) is 8.73. The van der Waals surface area contributed by atoms with Gasteiger partial charge < -0.3 is 15.1 Å². The Hall–Kier alpha value is -1.52. The maximum Gasteiger partial charge on any atom is 0.246 e. The number of nitrogens with zero attached hydrogens (tertiary/aromatic N) is 5. The maximum atomic E-state index is 12.5. The lowest BCUT2D eigenvalue weighted by Gasteiger charge is -2.35. The third-order valence-corrected chi connectivity index (χ3v) is 5.16. The van der Waals surface area contributed by atoms with Gasteiger partial charge >= 0.3 is 0 Å². The third kappa shape index (κ3) is 5.30. The zero-order chi connectivity index (χ0) is 19.4. The van der Waals surface area contributed by atoms with Crippen LogP contribution in [-0.2, 0) is 18.3 Å². The number of hydrogen-bond donors (Lipinski definition) is 1. The highest BCUT2D eigenvalue weighted by atomic mass is 127. The van der Waals surface area contributed by atoms with Gasteiger partial charge in [0.1, 0.15) is 6.54 Å². The number of hydrogen-bond acceptors (Lipinski definition) is 3. The molecular weight excluding hydrogens is 514 g/mol. The van der Waals surface area contributed by atoms with E-state index in [4.69, 9.17) is 23.2 Å². The monoisotopic (exact) mass is 536 g/mol. The predicted molar refractivity (Wildman–Crippen MR) is 124 cm³/mol. The number of benzene rings is 1. The average Bonchev–Trinajstić information content (AvgIpc) is 3.07. The largest absolute Gasteiger partial charge is 0.356 e. The summed E-state index contributed by atoms with van der Waals surface area (Å²) in [6, 6.07) is 5.48. The first-order chi connectivity index (χ1) is 13.0. The topological polar surface area (TPSA) is 65.8 Å². The van der Waals surface area contributed by atoms with E-state index in [1.807, 2.05) is 36.3 Å². The number of aromatic nitrogens is 2. The van der Waals surface area contributed by atoms with Crippen LogP contribution < -0.4 is 10.2 Å². The Morgan fingerprint density at radius 3 is 2.57 bits per heavy atom. The minimum absolute atomic E-state index is 0. The molecule has 7 nitrogen and oxygen atoms in total. The van der Waals surface area contributed by atoms with E-state index in [0.717, 1.165) is 11.3 Å². The van der Waals surface area contributed by atoms with Crippen LogP contribution in [0.15, 0.2) is 35.6 Å². The first kappa shape index (κ1) is 22.8. The summed E-state index contributed by atoms with van der Waals surface area (Å²) < 4.78 is 1.69. The molecule has 0 aliphatic carbocycles. The smallest absolute Gasteiger partial charge is 0.246 e. The molecule has 1 saturated heterocycles. The van der Waals surface area contributed by atoms with Crippen LogP contribution in [0.2, 0.25) is 10.0 Å². The van der Waals surface area contributed by atoms with Gasteiger partial charge in [-0.05, 0) is 24.1 Å². The number of nitrogens with one attached hydrogen (secondary N) is 1. The number of halogens is 3. The molecule has 2 aromatic rings. The molecule has 0 atom stereocenters. The van der Waals surface area contributed by atoms with Gasteiger partial charge in [0.25, 0.3) is 0 Å². The standard InChI is InChI=1S/C18H22Cl2N6O.HI/c1-21-18(22-7-6-14-15(19)4-3-5-16(14)20)25-8-9-26(17(27)12-25)13-10-23-24(2)11-13;/h3-5,10-11H,6-9,12H2,1-2H3,(H,21,22);1H. The molecule has 1 fully saturated rings. The van der Waals surface area contributed by atoms with Gasteiger partial charge in [-0.25, -0.2) is 0 Å². The van der Waals surface area contributed by atoms with Crippen molar-refractivity contribution in [1.82, 2.24) is 20.0 Å². The molecule has 1 aliphatic rings. The molecule has 28 heavy (non-hydrogen) atoms. The molecule has 1 aliphatic heterocycles. The van der Waals surface area contributed by atoms with Crippen molar-refractivity contribution in [3.8, 4) is 0 Å². The highest BCUT2D eigenvalue weighted by molar-refractivity contribution is 14.0. The van der Waals surface area contributed by atoms with Crippen molar-refractivity contribution in [1.29, 1.82) is 0 Å². The normalized spacial score (nSPS) is 14.9. The lowest BCUT2D eigenvalue weighted by molar-refractivity contribution is -0.120. The molecule has 0 saturated carbocycles. The number of rotatable bonds is 4. The van der Waals surface area contributed by atoms with E-state index in [-0.39, 0.29) is 36.4 Å². The summed E-state index contributed by atoms with van der Waals surface area (Å²) in [5.41, 5.74) is 1.72. The third-order valence-electron chi connectivity index (χ3n) is 4.45. The van der Waals surface area contributed by atoms with Gasteiger partial charge in [0.2, 0.25) is 5.91 Å². The molecule has 0 unspecified atom stereocenters. The Bertz CT molecular complexity index is 836. The molecule has 1 amide bonds. The van der Waals surface area contributed by atoms with E-state index < -0.39 is 0 Å². The second kappa shape index (κ2) is 10.3. The highest BCUT2D eigenvalue weighted by Gasteiger charge is 2.27. The van der Waals surface area contributed by atoms with E-state index in [9.17, 15) is 4.79 Å². The Kier molecular flexibility index (Phi) is 8.38. The van der Waals surface area contributed by atoms with E-state index in [1.165, 1.54) is 0 Å². The summed E-state index contributed by atoms with van der Waals surface area (Å²) in [7, 11) is 3.55. The van der Waals surface area contributed by atoms with Crippen molar-refractivity contribution in [2.45, 2.75) is 6.42 Å². The highest BCUT2D eigenvalue weighted by Crippen LogP contribution is 2.24. The minimum Gasteiger partial charge on any atom is -0.356 e. The summed E-state index contributed by atoms with van der Waals surface area (Å²) in [5.74, 6) is 0.712. The van der Waals surface area contributed by atoms with E-state index >= 15 is 0 Å². The average molecular weight is 537 g/mol. The van der Waals surface area contributed by atoms with Crippen LogP contribution in [0, 0.1) is 0 Å². The van der Waals surface area contributed by atoms with E-state index in [1.54, 1.807) is 22.8 Å². The number of carbonyl (C=O) groups is 1. The summed E-state index contributed by atoms with van der Waals surface area (Å²) in [6.07, 6.45) is 4.21. The quantitative estimate of drug-likeness (QED) is 0.371. The zero-order valence-corrected chi connectivity index (χ0v) is 19.6. The fourth-order valence-electron chi connectivity index (χ4n) is 3.08. The van der Waals surface area contributed by atoms with Crippen molar-refractivity contribution >= 4 is 64.7 Å². The fraction of sp³-hybridized carbons (Fsp3) is 0.389. The van der Waals surface area contributed by atoms with Gasteiger partial charge in [-0.2, -0.15) is 5.10 Å². The molecule has 1 N–H and O–H groups in total. The van der Waals surface area contributed by atoms with Crippen LogP contribution in [0.1, 0.15) is 5.56 Å². The van der Waals surface area contributed by atoms with Gasteiger partial charge in [-0.1, -0.05) is 29.3 Å². The Balaban J connectivity index is 0.00000280. The van der Waals surface area contributed by atoms with Crippen LogP contribution >= 0.6 is 47.2 Å². The van der Waals surface area contributed by atoms with Gasteiger partial charge in [0, 0.05) is 50.0 Å². The lowest BCUT2D eigenvalue weighted by Crippen LogP contribution is -2.55. The van der Waals surface area contributed by atoms with Crippen molar-refractivity contribution in [2.75, 3.05) is 38.1 Å². The van der Waals surface area contributed by atoms with Gasteiger partial charge in [-0.3, -0.25) is 14.5 Å². The van der Waals surface area contributed by atoms with Crippen LogP contribution in [-0.4, -0.2) is 59.8 Å². The zero-order valence-electron chi connectivity index (χ0n) is 15.7. The Morgan fingerprint density at radius 1 is 1.29 bits per heavy atom. The number of aryl methyl sites for hydroxylation is 1. The van der Waals surface area contributed by atoms with Gasteiger partial charge in [-0.15, -0.1) is 24.0 Å². The number of piperazine rings is 1. The number of guanidine groups is 1. The molecule has 0 radical (unpaired) electrons. The Labute approximate surface area is 191 Å². The SMILES string of the molecule is CN=C(NCCc1c(Cl)cccc1Cl)N1CCN(c2cnn(C)c2)C(=O)C1.I. The van der Waals surface area contributed by atoms with Crippen LogP contribution in [0.4, 0.5) is 5.69 Å². The van der Waals surface area contributed by atoms with E-state index in [0.29, 0.717) is 42.1 Å². The second-order valence-electron chi connectivity index (χ2n) is 6.26. The number of anilines is 1. The van der Waals surface area contributed by atoms with Crippen molar-refractivity contribution in [3.63, 3.8) is 0 Å². The predicted octanol–water partition coefficient (Wildman–Crippen LogP) is 2.81. The van der Waals surface area contributed by atoms with Crippen molar-refractivity contribution < 1.29 is 4.79 Å². The first-order valence-electron chi connectivity index (χ1n) is 8.67. The molecule has 1 aromatic carbocycles. The van der Waals surface area contributed by atoms with Crippen LogP contribution in [0.5, 0.6) is 0 Å². The van der Waals surface area contributed by atoms with E-state index in [2.05, 4.69) is 15.4 Å². The summed E-state index contributed by atoms with van der Waals surface area (Å²) in [4.78, 5) is 20.5. The molecule has 1 aromatic heterocycles.